The molecule has 5 nitrogen and oxygen atoms in total. The molecule has 0 radical (unpaired) electrons. The minimum absolute atomic E-state index is 0.0876. The maximum Gasteiger partial charge on any atom is 0.241 e. The lowest BCUT2D eigenvalue weighted by Gasteiger charge is -2.34. The first-order chi connectivity index (χ1) is 11.6. The third-order valence-electron chi connectivity index (χ3n) is 4.83. The van der Waals surface area contributed by atoms with Gasteiger partial charge in [0.25, 0.3) is 0 Å². The number of nitrogens with two attached hydrogens (primary N) is 1. The Hall–Kier alpha value is -1.43. The van der Waals surface area contributed by atoms with Crippen LogP contribution in [-0.4, -0.2) is 61.5 Å². The lowest BCUT2D eigenvalue weighted by Crippen LogP contribution is -2.46. The van der Waals surface area contributed by atoms with Crippen molar-refractivity contribution in [2.24, 2.45) is 5.73 Å². The number of piperazine rings is 1. The molecular weight excluding hydrogens is 300 g/mol. The van der Waals surface area contributed by atoms with Crippen molar-refractivity contribution in [1.82, 2.24) is 15.1 Å². The van der Waals surface area contributed by atoms with Gasteiger partial charge in [0.05, 0.1) is 0 Å². The molecule has 0 spiro atoms. The minimum atomic E-state index is -0.576. The molecule has 0 aromatic heterocycles. The van der Waals surface area contributed by atoms with Crippen LogP contribution < -0.4 is 11.1 Å². The van der Waals surface area contributed by atoms with Crippen molar-refractivity contribution in [3.8, 4) is 0 Å². The van der Waals surface area contributed by atoms with Gasteiger partial charge in [0.2, 0.25) is 5.91 Å². The van der Waals surface area contributed by atoms with Crippen LogP contribution in [0.3, 0.4) is 0 Å². The maximum atomic E-state index is 12.1. The van der Waals surface area contributed by atoms with E-state index in [9.17, 15) is 4.79 Å². The van der Waals surface area contributed by atoms with Gasteiger partial charge in [0.1, 0.15) is 6.04 Å². The van der Waals surface area contributed by atoms with Gasteiger partial charge < -0.3 is 20.9 Å². The van der Waals surface area contributed by atoms with Crippen molar-refractivity contribution >= 4 is 5.91 Å². The monoisotopic (exact) mass is 332 g/mol. The molecule has 1 aromatic rings. The molecule has 2 rings (SSSR count). The van der Waals surface area contributed by atoms with Gasteiger partial charge >= 0.3 is 0 Å². The van der Waals surface area contributed by atoms with Gasteiger partial charge in [-0.2, -0.15) is 0 Å². The molecule has 1 amide bonds. The van der Waals surface area contributed by atoms with E-state index < -0.39 is 6.04 Å². The number of hydrogen-bond acceptors (Lipinski definition) is 4. The fourth-order valence-corrected chi connectivity index (χ4v) is 3.04. The summed E-state index contributed by atoms with van der Waals surface area (Å²) in [6.45, 7) is 11.9. The SMILES string of the molecule is CCN1CCN(CCCCNC(=O)C(N)c2ccc(C)cc2)CC1. The number of rotatable bonds is 8. The van der Waals surface area contributed by atoms with Gasteiger partial charge in [-0.1, -0.05) is 36.8 Å². The average Bonchev–Trinajstić information content (AvgIpc) is 2.62. The molecule has 0 saturated carbocycles. The number of unbranched alkanes of at least 4 members (excludes halogenated alkanes) is 1. The maximum absolute atomic E-state index is 12.1. The van der Waals surface area contributed by atoms with E-state index in [2.05, 4.69) is 22.0 Å². The van der Waals surface area contributed by atoms with Gasteiger partial charge in [0, 0.05) is 32.7 Å². The fourth-order valence-electron chi connectivity index (χ4n) is 3.04. The zero-order chi connectivity index (χ0) is 17.4. The number of amides is 1. The zero-order valence-corrected chi connectivity index (χ0v) is 15.1. The van der Waals surface area contributed by atoms with Crippen molar-refractivity contribution in [3.63, 3.8) is 0 Å². The predicted molar refractivity (Wildman–Crippen MR) is 98.9 cm³/mol. The second kappa shape index (κ2) is 9.77. The van der Waals surface area contributed by atoms with Crippen molar-refractivity contribution < 1.29 is 4.79 Å². The van der Waals surface area contributed by atoms with Crippen LogP contribution in [0.2, 0.25) is 0 Å². The lowest BCUT2D eigenvalue weighted by molar-refractivity contribution is -0.122. The summed E-state index contributed by atoms with van der Waals surface area (Å²) in [4.78, 5) is 17.1. The summed E-state index contributed by atoms with van der Waals surface area (Å²) in [5.74, 6) is -0.0876. The van der Waals surface area contributed by atoms with Gasteiger partial charge in [0.15, 0.2) is 0 Å². The molecule has 1 aromatic carbocycles. The molecule has 1 unspecified atom stereocenters. The van der Waals surface area contributed by atoms with Crippen molar-refractivity contribution in [2.45, 2.75) is 32.7 Å². The molecule has 1 fully saturated rings. The first kappa shape index (κ1) is 18.9. The molecule has 24 heavy (non-hydrogen) atoms. The Morgan fingerprint density at radius 2 is 1.75 bits per heavy atom. The molecule has 3 N–H and O–H groups in total. The molecule has 5 heteroatoms. The Labute approximate surface area is 146 Å². The Kier molecular flexibility index (Phi) is 7.69. The van der Waals surface area contributed by atoms with Crippen LogP contribution in [0.15, 0.2) is 24.3 Å². The largest absolute Gasteiger partial charge is 0.354 e. The summed E-state index contributed by atoms with van der Waals surface area (Å²) < 4.78 is 0. The fraction of sp³-hybridized carbons (Fsp3) is 0.632. The standard InChI is InChI=1S/C19H32N4O/c1-3-22-12-14-23(15-13-22)11-5-4-10-21-19(24)18(20)17-8-6-16(2)7-9-17/h6-9,18H,3-5,10-15,20H2,1-2H3,(H,21,24). The Balaban J connectivity index is 1.58. The van der Waals surface area contributed by atoms with Crippen LogP contribution in [0, 0.1) is 6.92 Å². The zero-order valence-electron chi connectivity index (χ0n) is 15.1. The first-order valence-electron chi connectivity index (χ1n) is 9.14. The molecule has 1 aliphatic rings. The number of carbonyl (C=O) groups is 1. The van der Waals surface area contributed by atoms with Crippen LogP contribution in [0.5, 0.6) is 0 Å². The highest BCUT2D eigenvalue weighted by Gasteiger charge is 2.16. The summed E-state index contributed by atoms with van der Waals surface area (Å²) in [6.07, 6.45) is 2.12. The summed E-state index contributed by atoms with van der Waals surface area (Å²) >= 11 is 0. The smallest absolute Gasteiger partial charge is 0.241 e. The van der Waals surface area contributed by atoms with Crippen LogP contribution in [0.4, 0.5) is 0 Å². The lowest BCUT2D eigenvalue weighted by atomic mass is 10.1. The Bertz CT molecular complexity index is 495. The van der Waals surface area contributed by atoms with Gasteiger partial charge in [-0.25, -0.2) is 0 Å². The molecule has 1 saturated heterocycles. The van der Waals surface area contributed by atoms with Crippen molar-refractivity contribution in [2.75, 3.05) is 45.8 Å². The van der Waals surface area contributed by atoms with Crippen LogP contribution in [-0.2, 0) is 4.79 Å². The van der Waals surface area contributed by atoms with Crippen molar-refractivity contribution in [1.29, 1.82) is 0 Å². The Morgan fingerprint density at radius 1 is 1.12 bits per heavy atom. The van der Waals surface area contributed by atoms with E-state index in [0.717, 1.165) is 31.5 Å². The van der Waals surface area contributed by atoms with E-state index in [4.69, 9.17) is 5.73 Å². The Morgan fingerprint density at radius 3 is 2.38 bits per heavy atom. The topological polar surface area (TPSA) is 61.6 Å². The minimum Gasteiger partial charge on any atom is -0.354 e. The van der Waals surface area contributed by atoms with E-state index in [1.807, 2.05) is 31.2 Å². The molecule has 1 aliphatic heterocycles. The van der Waals surface area contributed by atoms with E-state index in [1.165, 1.54) is 31.7 Å². The average molecular weight is 332 g/mol. The normalized spacial score (nSPS) is 17.6. The van der Waals surface area contributed by atoms with E-state index in [1.54, 1.807) is 0 Å². The quantitative estimate of drug-likeness (QED) is 0.709. The van der Waals surface area contributed by atoms with Gasteiger partial charge in [-0.3, -0.25) is 4.79 Å². The predicted octanol–water partition coefficient (Wildman–Crippen LogP) is 1.53. The molecule has 0 aliphatic carbocycles. The summed E-state index contributed by atoms with van der Waals surface area (Å²) in [6, 6.07) is 7.25. The van der Waals surface area contributed by atoms with Gasteiger partial charge in [-0.05, 0) is 38.4 Å². The second-order valence-corrected chi connectivity index (χ2v) is 6.66. The highest BCUT2D eigenvalue weighted by atomic mass is 16.2. The molecule has 1 atom stereocenters. The number of benzene rings is 1. The third-order valence-corrected chi connectivity index (χ3v) is 4.83. The second-order valence-electron chi connectivity index (χ2n) is 6.66. The van der Waals surface area contributed by atoms with Gasteiger partial charge in [-0.15, -0.1) is 0 Å². The first-order valence-corrected chi connectivity index (χ1v) is 9.14. The number of nitrogens with one attached hydrogen (secondary N) is 1. The molecule has 134 valence electrons. The molecule has 1 heterocycles. The summed E-state index contributed by atoms with van der Waals surface area (Å²) in [5.41, 5.74) is 8.06. The van der Waals surface area contributed by atoms with E-state index in [-0.39, 0.29) is 5.91 Å². The van der Waals surface area contributed by atoms with Crippen LogP contribution in [0.25, 0.3) is 0 Å². The third kappa shape index (κ3) is 5.89. The van der Waals surface area contributed by atoms with Crippen LogP contribution in [0.1, 0.15) is 36.9 Å². The van der Waals surface area contributed by atoms with Crippen LogP contribution >= 0.6 is 0 Å². The number of hydrogen-bond donors (Lipinski definition) is 2. The molecule has 0 bridgehead atoms. The summed E-state index contributed by atoms with van der Waals surface area (Å²) in [7, 11) is 0. The summed E-state index contributed by atoms with van der Waals surface area (Å²) in [5, 5.41) is 2.96. The highest BCUT2D eigenvalue weighted by Crippen LogP contribution is 2.11. The number of carbonyl (C=O) groups excluding carboxylic acids is 1. The van der Waals surface area contributed by atoms with Crippen molar-refractivity contribution in [3.05, 3.63) is 35.4 Å². The number of nitrogens with zero attached hydrogens (tertiary/aromatic N) is 2. The number of likely N-dealkylation sites (N-methyl/N-ethyl adjacent to an activating group) is 1. The van der Waals surface area contributed by atoms with E-state index in [0.29, 0.717) is 6.54 Å². The molecular formula is C19H32N4O. The number of aryl methyl sites for hydroxylation is 1. The highest BCUT2D eigenvalue weighted by molar-refractivity contribution is 5.82. The van der Waals surface area contributed by atoms with E-state index >= 15 is 0 Å².